The topological polar surface area (TPSA) is 43.8 Å². The van der Waals surface area contributed by atoms with Crippen LogP contribution < -0.4 is 10.2 Å². The zero-order valence-corrected chi connectivity index (χ0v) is 17.2. The van der Waals surface area contributed by atoms with E-state index in [-0.39, 0.29) is 18.3 Å². The van der Waals surface area contributed by atoms with Gasteiger partial charge in [-0.3, -0.25) is 9.88 Å². The molecule has 1 aliphatic rings. The number of ether oxygens (including phenoxy) is 1. The van der Waals surface area contributed by atoms with Crippen LogP contribution in [-0.4, -0.2) is 42.4 Å². The molecule has 6 heteroatoms. The van der Waals surface area contributed by atoms with E-state index < -0.39 is 0 Å². The third-order valence-corrected chi connectivity index (χ3v) is 5.47. The van der Waals surface area contributed by atoms with Crippen LogP contribution in [0.5, 0.6) is 5.75 Å². The van der Waals surface area contributed by atoms with Gasteiger partial charge in [-0.25, -0.2) is 0 Å². The Balaban J connectivity index is 1.78. The molecule has 1 aromatic carbocycles. The van der Waals surface area contributed by atoms with Gasteiger partial charge in [-0.2, -0.15) is 0 Å². The Labute approximate surface area is 162 Å². The van der Waals surface area contributed by atoms with Crippen LogP contribution in [0.15, 0.2) is 42.7 Å². The molecule has 1 aromatic heterocycles. The lowest BCUT2D eigenvalue weighted by Crippen LogP contribution is -2.41. The molecule has 0 N–H and O–H groups in total. The summed E-state index contributed by atoms with van der Waals surface area (Å²) in [5.74, 6) is 0.872. The molecule has 0 bridgehead atoms. The fraction of sp³-hybridized carbons (Fsp3) is 0.476. The number of benzene rings is 1. The van der Waals surface area contributed by atoms with Crippen molar-refractivity contribution in [1.29, 1.82) is 0 Å². The van der Waals surface area contributed by atoms with Crippen LogP contribution in [0.3, 0.4) is 0 Å². The van der Waals surface area contributed by atoms with Crippen molar-refractivity contribution in [2.24, 2.45) is 0 Å². The lowest BCUT2D eigenvalue weighted by Gasteiger charge is -2.32. The fourth-order valence-corrected chi connectivity index (χ4v) is 3.19. The maximum atomic E-state index is 6.20. The van der Waals surface area contributed by atoms with Gasteiger partial charge in [0, 0.05) is 31.0 Å². The molecular formula is C21H29BN2O3. The number of nitrogens with zero attached hydrogens (tertiary/aromatic N) is 2. The molecule has 0 amide bonds. The smallest absolute Gasteiger partial charge is 0.494 e. The minimum Gasteiger partial charge on any atom is -0.496 e. The summed E-state index contributed by atoms with van der Waals surface area (Å²) in [5, 5.41) is 0. The Morgan fingerprint density at radius 2 is 1.63 bits per heavy atom. The van der Waals surface area contributed by atoms with Gasteiger partial charge in [0.1, 0.15) is 5.75 Å². The Morgan fingerprint density at radius 1 is 1.00 bits per heavy atom. The predicted octanol–water partition coefficient (Wildman–Crippen LogP) is 3.02. The van der Waals surface area contributed by atoms with Crippen molar-refractivity contribution >= 4 is 12.6 Å². The van der Waals surface area contributed by atoms with Crippen molar-refractivity contribution in [2.45, 2.75) is 52.0 Å². The van der Waals surface area contributed by atoms with Crippen LogP contribution in [0.25, 0.3) is 0 Å². The summed E-state index contributed by atoms with van der Waals surface area (Å²) < 4.78 is 18.0. The molecule has 5 nitrogen and oxygen atoms in total. The van der Waals surface area contributed by atoms with Crippen molar-refractivity contribution in [2.75, 3.05) is 14.2 Å². The molecule has 3 rings (SSSR count). The zero-order chi connectivity index (χ0) is 19.7. The molecule has 1 saturated heterocycles. The summed E-state index contributed by atoms with van der Waals surface area (Å²) in [7, 11) is 3.43. The normalized spacial score (nSPS) is 18.1. The second-order valence-electron chi connectivity index (χ2n) is 8.19. The molecule has 0 radical (unpaired) electrons. The quantitative estimate of drug-likeness (QED) is 0.734. The molecule has 2 heterocycles. The van der Waals surface area contributed by atoms with Gasteiger partial charge in [-0.05, 0) is 64.0 Å². The zero-order valence-electron chi connectivity index (χ0n) is 17.2. The number of rotatable bonds is 6. The Kier molecular flexibility index (Phi) is 5.61. The van der Waals surface area contributed by atoms with E-state index in [1.54, 1.807) is 7.11 Å². The minimum atomic E-state index is -0.370. The van der Waals surface area contributed by atoms with E-state index in [1.165, 1.54) is 5.56 Å². The van der Waals surface area contributed by atoms with Crippen molar-refractivity contribution in [3.05, 3.63) is 53.9 Å². The highest BCUT2D eigenvalue weighted by Crippen LogP contribution is 2.36. The second kappa shape index (κ2) is 7.62. The first kappa shape index (κ1) is 19.9. The van der Waals surface area contributed by atoms with Gasteiger partial charge in [0.25, 0.3) is 0 Å². The predicted molar refractivity (Wildman–Crippen MR) is 108 cm³/mol. The van der Waals surface area contributed by atoms with Crippen LogP contribution in [-0.2, 0) is 22.4 Å². The highest BCUT2D eigenvalue weighted by atomic mass is 16.7. The van der Waals surface area contributed by atoms with Gasteiger partial charge in [0.2, 0.25) is 0 Å². The number of methoxy groups -OCH3 is 1. The number of hydrogen-bond acceptors (Lipinski definition) is 5. The second-order valence-corrected chi connectivity index (χ2v) is 8.19. The summed E-state index contributed by atoms with van der Waals surface area (Å²) in [4.78, 5) is 6.33. The van der Waals surface area contributed by atoms with Crippen LogP contribution in [0, 0.1) is 0 Å². The van der Waals surface area contributed by atoms with E-state index in [0.29, 0.717) is 0 Å². The first-order chi connectivity index (χ1) is 12.7. The average Bonchev–Trinajstić information content (AvgIpc) is 2.83. The first-order valence-electron chi connectivity index (χ1n) is 9.32. The third-order valence-electron chi connectivity index (χ3n) is 5.47. The van der Waals surface area contributed by atoms with Crippen molar-refractivity contribution < 1.29 is 14.0 Å². The summed E-state index contributed by atoms with van der Waals surface area (Å²) in [6, 6.07) is 10.2. The molecular weight excluding hydrogens is 339 g/mol. The molecule has 0 aliphatic carbocycles. The SMILES string of the molecule is COc1ccc(B2OC(C)(C)C(C)(C)O2)cc1CN(C)Cc1ccncc1. The largest absolute Gasteiger partial charge is 0.496 e. The highest BCUT2D eigenvalue weighted by molar-refractivity contribution is 6.62. The minimum absolute atomic E-state index is 0.351. The standard InChI is InChI=1S/C21H29BN2O3/c1-20(2)21(3,4)27-22(26-20)18-7-8-19(25-6)17(13-18)15-24(5)14-16-9-11-23-12-10-16/h7-13H,14-15H2,1-6H3. The van der Waals surface area contributed by atoms with Gasteiger partial charge in [-0.15, -0.1) is 0 Å². The maximum absolute atomic E-state index is 6.20. The van der Waals surface area contributed by atoms with E-state index in [1.807, 2.05) is 36.7 Å². The highest BCUT2D eigenvalue weighted by Gasteiger charge is 2.51. The average molecular weight is 368 g/mol. The molecule has 144 valence electrons. The molecule has 27 heavy (non-hydrogen) atoms. The number of hydrogen-bond donors (Lipinski definition) is 0. The lowest BCUT2D eigenvalue weighted by atomic mass is 9.78. The Morgan fingerprint density at radius 3 is 2.22 bits per heavy atom. The van der Waals surface area contributed by atoms with Crippen LogP contribution in [0.1, 0.15) is 38.8 Å². The molecule has 1 fully saturated rings. The van der Waals surface area contributed by atoms with Gasteiger partial charge < -0.3 is 14.0 Å². The fourth-order valence-electron chi connectivity index (χ4n) is 3.19. The van der Waals surface area contributed by atoms with E-state index in [4.69, 9.17) is 14.0 Å². The van der Waals surface area contributed by atoms with Gasteiger partial charge >= 0.3 is 7.12 Å². The summed E-state index contributed by atoms with van der Waals surface area (Å²) in [6.45, 7) is 9.88. The van der Waals surface area contributed by atoms with Crippen LogP contribution in [0.2, 0.25) is 0 Å². The summed E-state index contributed by atoms with van der Waals surface area (Å²) in [6.07, 6.45) is 3.64. The summed E-state index contributed by atoms with van der Waals surface area (Å²) in [5.41, 5.74) is 2.66. The Bertz CT molecular complexity index is 764. The molecule has 0 unspecified atom stereocenters. The van der Waals surface area contributed by atoms with Crippen molar-refractivity contribution in [1.82, 2.24) is 9.88 Å². The van der Waals surface area contributed by atoms with E-state index in [0.717, 1.165) is 29.9 Å². The van der Waals surface area contributed by atoms with E-state index in [9.17, 15) is 0 Å². The van der Waals surface area contributed by atoms with Crippen LogP contribution >= 0.6 is 0 Å². The Hall–Kier alpha value is -1.89. The third kappa shape index (κ3) is 4.34. The van der Waals surface area contributed by atoms with E-state index in [2.05, 4.69) is 50.7 Å². The molecule has 0 atom stereocenters. The van der Waals surface area contributed by atoms with Gasteiger partial charge in [0.05, 0.1) is 18.3 Å². The van der Waals surface area contributed by atoms with Gasteiger partial charge in [-0.1, -0.05) is 12.1 Å². The van der Waals surface area contributed by atoms with Gasteiger partial charge in [0.15, 0.2) is 0 Å². The lowest BCUT2D eigenvalue weighted by molar-refractivity contribution is 0.00578. The van der Waals surface area contributed by atoms with E-state index >= 15 is 0 Å². The number of pyridine rings is 1. The first-order valence-corrected chi connectivity index (χ1v) is 9.32. The molecule has 1 aliphatic heterocycles. The summed E-state index contributed by atoms with van der Waals surface area (Å²) >= 11 is 0. The van der Waals surface area contributed by atoms with Crippen LogP contribution in [0.4, 0.5) is 0 Å². The maximum Gasteiger partial charge on any atom is 0.494 e. The monoisotopic (exact) mass is 368 g/mol. The number of aromatic nitrogens is 1. The van der Waals surface area contributed by atoms with Crippen molar-refractivity contribution in [3.8, 4) is 5.75 Å². The van der Waals surface area contributed by atoms with Crippen molar-refractivity contribution in [3.63, 3.8) is 0 Å². The molecule has 2 aromatic rings. The molecule has 0 saturated carbocycles. The molecule has 0 spiro atoms.